The van der Waals surface area contributed by atoms with Gasteiger partial charge in [0.1, 0.15) is 5.70 Å². The fourth-order valence-electron chi connectivity index (χ4n) is 5.83. The van der Waals surface area contributed by atoms with Crippen LogP contribution in [0.2, 0.25) is 0 Å². The predicted octanol–water partition coefficient (Wildman–Crippen LogP) is -1.01. The molecular formula is C23H34F2N6O7S2. The Morgan fingerprint density at radius 3 is 2.52 bits per heavy atom. The van der Waals surface area contributed by atoms with Crippen molar-refractivity contribution >= 4 is 45.7 Å². The second kappa shape index (κ2) is 11.5. The summed E-state index contributed by atoms with van der Waals surface area (Å²) in [4.78, 5) is 52.9. The third kappa shape index (κ3) is 5.70. The van der Waals surface area contributed by atoms with Crippen LogP contribution in [-0.2, 0) is 29.4 Å². The van der Waals surface area contributed by atoms with Crippen LogP contribution in [-0.4, -0.2) is 121 Å². The largest absolute Gasteiger partial charge is 0.477 e. The Morgan fingerprint density at radius 2 is 1.93 bits per heavy atom. The van der Waals surface area contributed by atoms with Crippen molar-refractivity contribution in [2.45, 2.75) is 62.5 Å². The predicted molar refractivity (Wildman–Crippen MR) is 140 cm³/mol. The molecule has 17 heteroatoms. The van der Waals surface area contributed by atoms with Crippen LogP contribution in [0.1, 0.15) is 26.7 Å². The minimum Gasteiger partial charge on any atom is -0.477 e. The molecule has 4 N–H and O–H groups in total. The molecule has 0 aromatic rings. The van der Waals surface area contributed by atoms with E-state index in [0.717, 1.165) is 4.31 Å². The van der Waals surface area contributed by atoms with Crippen molar-refractivity contribution in [3.05, 3.63) is 10.6 Å². The summed E-state index contributed by atoms with van der Waals surface area (Å²) in [5.74, 6) is -4.73. The maximum absolute atomic E-state index is 13.1. The summed E-state index contributed by atoms with van der Waals surface area (Å²) in [6.45, 7) is 4.28. The zero-order valence-corrected chi connectivity index (χ0v) is 24.1. The van der Waals surface area contributed by atoms with E-state index in [-0.39, 0.29) is 23.4 Å². The van der Waals surface area contributed by atoms with E-state index in [2.05, 4.69) is 15.4 Å². The number of carbonyl (C=O) groups excluding carboxylic acids is 3. The Labute approximate surface area is 235 Å². The first-order valence-corrected chi connectivity index (χ1v) is 15.2. The minimum atomic E-state index is -3.63. The van der Waals surface area contributed by atoms with Crippen LogP contribution in [0, 0.1) is 11.8 Å². The highest BCUT2D eigenvalue weighted by Crippen LogP contribution is 2.51. The molecule has 224 valence electrons. The molecule has 0 saturated carbocycles. The average molecular weight is 609 g/mol. The van der Waals surface area contributed by atoms with E-state index in [1.807, 2.05) is 0 Å². The second-order valence-corrected chi connectivity index (χ2v) is 14.0. The second-order valence-electron chi connectivity index (χ2n) is 10.7. The number of amides is 3. The van der Waals surface area contributed by atoms with Crippen LogP contribution in [0.4, 0.5) is 8.78 Å². The van der Waals surface area contributed by atoms with Crippen molar-refractivity contribution in [2.75, 3.05) is 33.7 Å². The van der Waals surface area contributed by atoms with E-state index in [1.165, 1.54) is 37.7 Å². The molecule has 4 aliphatic heterocycles. The van der Waals surface area contributed by atoms with Crippen molar-refractivity contribution in [3.8, 4) is 0 Å². The van der Waals surface area contributed by atoms with E-state index in [4.69, 9.17) is 0 Å². The molecule has 4 aliphatic rings. The first kappa shape index (κ1) is 30.6. The summed E-state index contributed by atoms with van der Waals surface area (Å²) < 4.78 is 53.3. The molecule has 40 heavy (non-hydrogen) atoms. The number of alkyl halides is 2. The molecule has 7 atom stereocenters. The molecule has 3 saturated heterocycles. The first-order valence-electron chi connectivity index (χ1n) is 12.9. The monoisotopic (exact) mass is 608 g/mol. The van der Waals surface area contributed by atoms with Gasteiger partial charge in [-0.15, -0.1) is 11.8 Å². The Balaban J connectivity index is 1.38. The highest BCUT2D eigenvalue weighted by Gasteiger charge is 2.60. The number of likely N-dealkylation sites (tertiary alicyclic amines) is 1. The number of hydrogen-bond donors (Lipinski definition) is 4. The van der Waals surface area contributed by atoms with Crippen LogP contribution in [0.3, 0.4) is 0 Å². The molecule has 0 radical (unpaired) electrons. The van der Waals surface area contributed by atoms with Gasteiger partial charge < -0.3 is 25.5 Å². The highest BCUT2D eigenvalue weighted by atomic mass is 32.2. The summed E-state index contributed by atoms with van der Waals surface area (Å²) in [7, 11) is -0.790. The fraction of sp³-hybridized carbons (Fsp3) is 0.739. The lowest BCUT2D eigenvalue weighted by Crippen LogP contribution is -2.66. The molecule has 0 bridgehead atoms. The lowest BCUT2D eigenvalue weighted by molar-refractivity contribution is -0.159. The van der Waals surface area contributed by atoms with Crippen molar-refractivity contribution in [3.63, 3.8) is 0 Å². The maximum atomic E-state index is 13.1. The van der Waals surface area contributed by atoms with Crippen LogP contribution in [0.15, 0.2) is 10.6 Å². The standard InChI is InChI=1S/C23H34F2N6O7S2/c1-10-16-15(11(2)27-20(32)19(24)25)22(34)31(16)17(23(35)36)18(10)39-13-7-14(26-8-13)21(33)30-6-5-12(9-30)28-40(37,38)29(3)4/h10-16,19,26,28H,5-9H2,1-4H3,(H,27,32)(H,35,36)/t10-,11-,12?,13+,14+,15-,16-/m1/s1. The van der Waals surface area contributed by atoms with E-state index >= 15 is 0 Å². The number of carboxylic acid groups (broad SMARTS) is 1. The molecule has 4 heterocycles. The number of halogens is 2. The number of aliphatic carboxylic acids is 1. The molecule has 0 aromatic heterocycles. The molecule has 0 aliphatic carbocycles. The van der Waals surface area contributed by atoms with Gasteiger partial charge in [0.25, 0.3) is 16.1 Å². The summed E-state index contributed by atoms with van der Waals surface area (Å²) in [6, 6.07) is -2.41. The zero-order chi connectivity index (χ0) is 29.7. The lowest BCUT2D eigenvalue weighted by Gasteiger charge is -2.47. The van der Waals surface area contributed by atoms with Gasteiger partial charge in [0, 0.05) is 61.9 Å². The van der Waals surface area contributed by atoms with Crippen LogP contribution in [0.25, 0.3) is 0 Å². The van der Waals surface area contributed by atoms with Gasteiger partial charge in [-0.1, -0.05) is 6.92 Å². The summed E-state index contributed by atoms with van der Waals surface area (Å²) in [5.41, 5.74) is -0.151. The fourth-order valence-corrected chi connectivity index (χ4v) is 8.13. The average Bonchev–Trinajstić information content (AvgIpc) is 3.57. The molecule has 0 aromatic carbocycles. The van der Waals surface area contributed by atoms with E-state index in [0.29, 0.717) is 30.8 Å². The van der Waals surface area contributed by atoms with Gasteiger partial charge >= 0.3 is 12.4 Å². The SMILES string of the molecule is C[C@@H](NC(=O)C(F)F)[C@H]1C(=O)N2C(C(=O)O)=C(S[C@@H]3CN[C@H](C(=O)N4CCC(NS(=O)(=O)N(C)C)C4)C3)[C@H](C)[C@H]12. The minimum absolute atomic E-state index is 0.151. The van der Waals surface area contributed by atoms with Crippen molar-refractivity contribution in [1.82, 2.24) is 29.5 Å². The summed E-state index contributed by atoms with van der Waals surface area (Å²) in [6.07, 6.45) is -2.34. The van der Waals surface area contributed by atoms with Gasteiger partial charge in [0.05, 0.1) is 18.0 Å². The lowest BCUT2D eigenvalue weighted by atomic mass is 9.78. The van der Waals surface area contributed by atoms with Crippen LogP contribution >= 0.6 is 11.8 Å². The molecule has 4 rings (SSSR count). The number of carboxylic acids is 1. The topological polar surface area (TPSA) is 168 Å². The Hall–Kier alpha value is -2.34. The zero-order valence-electron chi connectivity index (χ0n) is 22.5. The number of nitrogens with zero attached hydrogens (tertiary/aromatic N) is 3. The van der Waals surface area contributed by atoms with Crippen molar-refractivity contribution in [1.29, 1.82) is 0 Å². The molecule has 3 amide bonds. The number of nitrogens with one attached hydrogen (secondary N) is 3. The summed E-state index contributed by atoms with van der Waals surface area (Å²) >= 11 is 1.28. The first-order chi connectivity index (χ1) is 18.6. The molecule has 0 spiro atoms. The summed E-state index contributed by atoms with van der Waals surface area (Å²) in [5, 5.41) is 15.1. The number of rotatable bonds is 10. The normalized spacial score (nSPS) is 31.1. The number of thioether (sulfide) groups is 1. The number of carbonyl (C=O) groups is 4. The Morgan fingerprint density at radius 1 is 1.25 bits per heavy atom. The molecule has 1 unspecified atom stereocenters. The van der Waals surface area contributed by atoms with Gasteiger partial charge in [-0.2, -0.15) is 26.2 Å². The van der Waals surface area contributed by atoms with E-state index in [1.54, 1.807) is 11.8 Å². The Kier molecular flexibility index (Phi) is 8.80. The highest BCUT2D eigenvalue weighted by molar-refractivity contribution is 8.03. The van der Waals surface area contributed by atoms with Gasteiger partial charge in [0.2, 0.25) is 11.8 Å². The van der Waals surface area contributed by atoms with E-state index < -0.39 is 70.4 Å². The number of fused-ring (bicyclic) bond motifs is 1. The number of hydrogen-bond acceptors (Lipinski definition) is 8. The van der Waals surface area contributed by atoms with E-state index in [9.17, 15) is 41.5 Å². The molecular weight excluding hydrogens is 574 g/mol. The number of β-lactam (4-membered cyclic amide) rings is 1. The Bertz CT molecular complexity index is 1220. The van der Waals surface area contributed by atoms with Gasteiger partial charge in [-0.25, -0.2) is 4.79 Å². The van der Waals surface area contributed by atoms with Gasteiger partial charge in [-0.05, 0) is 19.8 Å². The quantitative estimate of drug-likeness (QED) is 0.227. The maximum Gasteiger partial charge on any atom is 0.353 e. The van der Waals surface area contributed by atoms with Gasteiger partial charge in [0.15, 0.2) is 0 Å². The van der Waals surface area contributed by atoms with Crippen molar-refractivity contribution in [2.24, 2.45) is 11.8 Å². The van der Waals surface area contributed by atoms with Crippen LogP contribution in [0.5, 0.6) is 0 Å². The third-order valence-electron chi connectivity index (χ3n) is 7.88. The molecule has 13 nitrogen and oxygen atoms in total. The van der Waals surface area contributed by atoms with Crippen LogP contribution < -0.4 is 15.4 Å². The van der Waals surface area contributed by atoms with Gasteiger partial charge in [-0.3, -0.25) is 14.4 Å². The smallest absolute Gasteiger partial charge is 0.353 e. The molecule has 3 fully saturated rings. The third-order valence-corrected chi connectivity index (χ3v) is 11.0. The van der Waals surface area contributed by atoms with Crippen molar-refractivity contribution < 1.29 is 41.5 Å².